The Bertz CT molecular complexity index is 353. The van der Waals surface area contributed by atoms with Crippen LogP contribution in [0, 0.1) is 0 Å². The van der Waals surface area contributed by atoms with Crippen LogP contribution in [0.2, 0.25) is 5.02 Å². The first-order valence-corrected chi connectivity index (χ1v) is 5.74. The summed E-state index contributed by atoms with van der Waals surface area (Å²) in [5.74, 6) is 0.639. The van der Waals surface area contributed by atoms with Crippen molar-refractivity contribution in [1.82, 2.24) is 4.90 Å². The first-order chi connectivity index (χ1) is 8.13. The number of halogens is 1. The van der Waals surface area contributed by atoms with Gasteiger partial charge in [0.15, 0.2) is 0 Å². The van der Waals surface area contributed by atoms with Crippen LogP contribution in [0.5, 0.6) is 5.75 Å². The Hall–Kier alpha value is -1.26. The summed E-state index contributed by atoms with van der Waals surface area (Å²) in [4.78, 5) is 13.0. The highest BCUT2D eigenvalue weighted by molar-refractivity contribution is 6.30. The number of rotatable bonds is 6. The van der Waals surface area contributed by atoms with E-state index in [-0.39, 0.29) is 12.5 Å². The Balaban J connectivity index is 2.28. The summed E-state index contributed by atoms with van der Waals surface area (Å²) in [6.07, 6.45) is 0.291. The van der Waals surface area contributed by atoms with E-state index >= 15 is 0 Å². The highest BCUT2D eigenvalue weighted by Gasteiger charge is 2.07. The quantitative estimate of drug-likeness (QED) is 0.841. The molecule has 1 aromatic rings. The molecule has 1 amide bonds. The van der Waals surface area contributed by atoms with Crippen molar-refractivity contribution >= 4 is 17.5 Å². The molecule has 0 atom stereocenters. The molecule has 0 unspecified atom stereocenters. The van der Waals surface area contributed by atoms with Crippen molar-refractivity contribution in [2.75, 3.05) is 26.8 Å². The van der Waals surface area contributed by atoms with Crippen LogP contribution in [-0.2, 0) is 4.79 Å². The average Bonchev–Trinajstić information content (AvgIpc) is 2.32. The monoisotopic (exact) mass is 257 g/mol. The minimum Gasteiger partial charge on any atom is -0.493 e. The third-order valence-electron chi connectivity index (χ3n) is 2.26. The minimum absolute atomic E-state index is 0.0275. The largest absolute Gasteiger partial charge is 0.493 e. The third-order valence-corrected chi connectivity index (χ3v) is 2.51. The molecule has 0 spiro atoms. The zero-order valence-corrected chi connectivity index (χ0v) is 10.5. The van der Waals surface area contributed by atoms with Gasteiger partial charge in [0.25, 0.3) is 0 Å². The van der Waals surface area contributed by atoms with Crippen molar-refractivity contribution in [2.24, 2.45) is 0 Å². The average molecular weight is 258 g/mol. The van der Waals surface area contributed by atoms with E-state index in [2.05, 4.69) is 0 Å². The molecule has 0 bridgehead atoms. The number of aliphatic hydroxyl groups excluding tert-OH is 1. The summed E-state index contributed by atoms with van der Waals surface area (Å²) in [6, 6.07) is 6.97. The fourth-order valence-electron chi connectivity index (χ4n) is 1.25. The molecule has 1 N–H and O–H groups in total. The zero-order valence-electron chi connectivity index (χ0n) is 9.73. The van der Waals surface area contributed by atoms with Gasteiger partial charge in [-0.1, -0.05) is 11.6 Å². The van der Waals surface area contributed by atoms with Crippen LogP contribution in [0.4, 0.5) is 0 Å². The Morgan fingerprint density at radius 1 is 1.41 bits per heavy atom. The van der Waals surface area contributed by atoms with Crippen molar-refractivity contribution in [3.05, 3.63) is 29.3 Å². The van der Waals surface area contributed by atoms with Crippen molar-refractivity contribution in [3.8, 4) is 5.75 Å². The maximum atomic E-state index is 11.5. The van der Waals surface area contributed by atoms with Crippen LogP contribution in [0.25, 0.3) is 0 Å². The lowest BCUT2D eigenvalue weighted by atomic mass is 10.3. The molecule has 0 aliphatic heterocycles. The molecular weight excluding hydrogens is 242 g/mol. The van der Waals surface area contributed by atoms with Crippen LogP contribution in [0.3, 0.4) is 0 Å². The van der Waals surface area contributed by atoms with Gasteiger partial charge in [0.05, 0.1) is 19.6 Å². The van der Waals surface area contributed by atoms with E-state index in [1.54, 1.807) is 31.3 Å². The first-order valence-electron chi connectivity index (χ1n) is 5.36. The first kappa shape index (κ1) is 13.8. The number of nitrogens with zero attached hydrogens (tertiary/aromatic N) is 1. The Morgan fingerprint density at radius 2 is 2.06 bits per heavy atom. The van der Waals surface area contributed by atoms with Crippen LogP contribution in [0.1, 0.15) is 6.42 Å². The van der Waals surface area contributed by atoms with Gasteiger partial charge >= 0.3 is 0 Å². The molecule has 0 saturated heterocycles. The van der Waals surface area contributed by atoms with Gasteiger partial charge in [-0.05, 0) is 24.3 Å². The highest BCUT2D eigenvalue weighted by Crippen LogP contribution is 2.15. The molecule has 4 nitrogen and oxygen atoms in total. The van der Waals surface area contributed by atoms with Crippen LogP contribution in [-0.4, -0.2) is 42.7 Å². The minimum atomic E-state index is -0.0481. The maximum Gasteiger partial charge on any atom is 0.225 e. The molecule has 17 heavy (non-hydrogen) atoms. The summed E-state index contributed by atoms with van der Waals surface area (Å²) in [7, 11) is 1.65. The number of ether oxygens (including phenoxy) is 1. The number of carbonyl (C=O) groups excluding carboxylic acids is 1. The lowest BCUT2D eigenvalue weighted by Crippen LogP contribution is -2.30. The number of carbonyl (C=O) groups is 1. The number of hydrogen-bond acceptors (Lipinski definition) is 3. The van der Waals surface area contributed by atoms with Gasteiger partial charge in [-0.25, -0.2) is 0 Å². The molecule has 1 rings (SSSR count). The van der Waals surface area contributed by atoms with Gasteiger partial charge in [0.1, 0.15) is 5.75 Å². The number of likely N-dealkylation sites (N-methyl/N-ethyl adjacent to an activating group) is 1. The van der Waals surface area contributed by atoms with E-state index in [0.717, 1.165) is 0 Å². The van der Waals surface area contributed by atoms with E-state index in [9.17, 15) is 4.79 Å². The molecular formula is C12H16ClNO3. The zero-order chi connectivity index (χ0) is 12.7. The molecule has 1 aromatic carbocycles. The summed E-state index contributed by atoms with van der Waals surface area (Å²) in [5, 5.41) is 9.33. The molecule has 0 saturated carbocycles. The van der Waals surface area contributed by atoms with Crippen molar-refractivity contribution in [3.63, 3.8) is 0 Å². The molecule has 94 valence electrons. The van der Waals surface area contributed by atoms with Crippen molar-refractivity contribution in [1.29, 1.82) is 0 Å². The summed E-state index contributed by atoms with van der Waals surface area (Å²) >= 11 is 5.73. The second kappa shape index (κ2) is 7.14. The van der Waals surface area contributed by atoms with E-state index in [1.165, 1.54) is 4.90 Å². The Morgan fingerprint density at radius 3 is 2.65 bits per heavy atom. The Labute approximate surface area is 106 Å². The second-order valence-corrected chi connectivity index (χ2v) is 4.03. The van der Waals surface area contributed by atoms with E-state index in [0.29, 0.717) is 30.3 Å². The molecule has 0 aliphatic carbocycles. The van der Waals surface area contributed by atoms with Gasteiger partial charge in [0.2, 0.25) is 5.91 Å². The van der Waals surface area contributed by atoms with Crippen molar-refractivity contribution < 1.29 is 14.6 Å². The summed E-state index contributed by atoms with van der Waals surface area (Å²) in [5.41, 5.74) is 0. The van der Waals surface area contributed by atoms with Crippen molar-refractivity contribution in [2.45, 2.75) is 6.42 Å². The predicted octanol–water partition coefficient (Wildman–Crippen LogP) is 1.56. The molecule has 0 aliphatic rings. The predicted molar refractivity (Wildman–Crippen MR) is 66.3 cm³/mol. The smallest absolute Gasteiger partial charge is 0.225 e. The van der Waals surface area contributed by atoms with Crippen LogP contribution < -0.4 is 4.74 Å². The number of hydrogen-bond donors (Lipinski definition) is 1. The number of aliphatic hydroxyl groups is 1. The van der Waals surface area contributed by atoms with E-state index < -0.39 is 0 Å². The lowest BCUT2D eigenvalue weighted by molar-refractivity contribution is -0.130. The third kappa shape index (κ3) is 5.06. The summed E-state index contributed by atoms with van der Waals surface area (Å²) < 4.78 is 5.39. The van der Waals surface area contributed by atoms with Gasteiger partial charge in [-0.3, -0.25) is 4.79 Å². The molecule has 0 radical (unpaired) electrons. The molecule has 5 heteroatoms. The van der Waals surface area contributed by atoms with Gasteiger partial charge in [-0.15, -0.1) is 0 Å². The van der Waals surface area contributed by atoms with Gasteiger partial charge in [-0.2, -0.15) is 0 Å². The SMILES string of the molecule is CN(CCO)C(=O)CCOc1ccc(Cl)cc1. The Kier molecular flexibility index (Phi) is 5.80. The topological polar surface area (TPSA) is 49.8 Å². The second-order valence-electron chi connectivity index (χ2n) is 3.59. The highest BCUT2D eigenvalue weighted by atomic mass is 35.5. The number of benzene rings is 1. The van der Waals surface area contributed by atoms with Crippen LogP contribution >= 0.6 is 11.6 Å². The van der Waals surface area contributed by atoms with Gasteiger partial charge in [0, 0.05) is 18.6 Å². The number of amides is 1. The van der Waals surface area contributed by atoms with E-state index in [4.69, 9.17) is 21.4 Å². The fraction of sp³-hybridized carbons (Fsp3) is 0.417. The van der Waals surface area contributed by atoms with Gasteiger partial charge < -0.3 is 14.7 Å². The fourth-order valence-corrected chi connectivity index (χ4v) is 1.38. The molecule has 0 heterocycles. The van der Waals surface area contributed by atoms with E-state index in [1.807, 2.05) is 0 Å². The molecule has 0 aromatic heterocycles. The maximum absolute atomic E-state index is 11.5. The summed E-state index contributed by atoms with van der Waals surface area (Å²) in [6.45, 7) is 0.635. The standard InChI is InChI=1S/C12H16ClNO3/c1-14(7-8-15)12(16)6-9-17-11-4-2-10(13)3-5-11/h2-5,15H,6-9H2,1H3. The molecule has 0 fully saturated rings. The normalized spacial score (nSPS) is 10.1. The van der Waals surface area contributed by atoms with Crippen LogP contribution in [0.15, 0.2) is 24.3 Å². The lowest BCUT2D eigenvalue weighted by Gasteiger charge is -2.15.